The van der Waals surface area contributed by atoms with Crippen molar-refractivity contribution in [2.24, 2.45) is 0 Å². The highest BCUT2D eigenvalue weighted by Gasteiger charge is 2.23. The Bertz CT molecular complexity index is 688. The van der Waals surface area contributed by atoms with Crippen molar-refractivity contribution >= 4 is 5.91 Å². The summed E-state index contributed by atoms with van der Waals surface area (Å²) in [5.41, 5.74) is 2.13. The van der Waals surface area contributed by atoms with Gasteiger partial charge in [0, 0.05) is 30.4 Å². The van der Waals surface area contributed by atoms with E-state index < -0.39 is 6.10 Å². The molecule has 1 fully saturated rings. The molecule has 0 aliphatic carbocycles. The molecule has 120 valence electrons. The summed E-state index contributed by atoms with van der Waals surface area (Å²) in [7, 11) is 1.60. The van der Waals surface area contributed by atoms with E-state index >= 15 is 0 Å². The van der Waals surface area contributed by atoms with Crippen LogP contribution in [0.4, 0.5) is 0 Å². The summed E-state index contributed by atoms with van der Waals surface area (Å²) in [6, 6.07) is 11.0. The number of pyridine rings is 1. The van der Waals surface area contributed by atoms with Gasteiger partial charge in [-0.25, -0.2) is 0 Å². The number of rotatable bonds is 3. The van der Waals surface area contributed by atoms with Crippen molar-refractivity contribution in [3.05, 3.63) is 48.2 Å². The monoisotopic (exact) mass is 312 g/mol. The van der Waals surface area contributed by atoms with Crippen LogP contribution in [0.3, 0.4) is 0 Å². The van der Waals surface area contributed by atoms with Gasteiger partial charge in [-0.15, -0.1) is 0 Å². The average molecular weight is 312 g/mol. The molecule has 1 aliphatic rings. The fourth-order valence-corrected chi connectivity index (χ4v) is 2.89. The van der Waals surface area contributed by atoms with Crippen LogP contribution in [0.25, 0.3) is 11.3 Å². The van der Waals surface area contributed by atoms with Crippen LogP contribution in [-0.2, 0) is 0 Å². The van der Waals surface area contributed by atoms with Crippen molar-refractivity contribution in [2.45, 2.75) is 18.9 Å². The zero-order chi connectivity index (χ0) is 16.2. The highest BCUT2D eigenvalue weighted by Crippen LogP contribution is 2.30. The second kappa shape index (κ2) is 6.79. The molecule has 0 bridgehead atoms. The lowest BCUT2D eigenvalue weighted by Gasteiger charge is -2.30. The van der Waals surface area contributed by atoms with Gasteiger partial charge in [0.05, 0.1) is 18.9 Å². The molecule has 0 saturated carbocycles. The number of ether oxygens (including phenoxy) is 1. The standard InChI is InChI=1S/C18H20N2O3/c1-23-17-8-7-13(11-15(17)16-6-2-3-9-19-16)18(22)20-10-4-5-14(21)12-20/h2-3,6-9,11,14,21H,4-5,10,12H2,1H3/t14-/m0/s1. The smallest absolute Gasteiger partial charge is 0.253 e. The van der Waals surface area contributed by atoms with Crippen LogP contribution in [0.5, 0.6) is 5.75 Å². The number of amides is 1. The Hall–Kier alpha value is -2.40. The summed E-state index contributed by atoms with van der Waals surface area (Å²) in [4.78, 5) is 18.7. The first-order valence-electron chi connectivity index (χ1n) is 7.76. The lowest BCUT2D eigenvalue weighted by atomic mass is 10.0. The van der Waals surface area contributed by atoms with Crippen molar-refractivity contribution in [1.29, 1.82) is 0 Å². The first-order chi connectivity index (χ1) is 11.2. The number of methoxy groups -OCH3 is 1. The molecule has 1 aromatic carbocycles. The number of aliphatic hydroxyl groups excluding tert-OH is 1. The van der Waals surface area contributed by atoms with Gasteiger partial charge in [0.25, 0.3) is 5.91 Å². The number of hydrogen-bond acceptors (Lipinski definition) is 4. The van der Waals surface area contributed by atoms with Gasteiger partial charge in [-0.1, -0.05) is 6.07 Å². The summed E-state index contributed by atoms with van der Waals surface area (Å²) in [5.74, 6) is 0.613. The van der Waals surface area contributed by atoms with Gasteiger partial charge in [-0.05, 0) is 43.2 Å². The Morgan fingerprint density at radius 3 is 2.91 bits per heavy atom. The quantitative estimate of drug-likeness (QED) is 0.945. The number of β-amino-alcohol motifs (C(OH)–C–C–N with tert-alkyl or cyclic N) is 1. The molecule has 3 rings (SSSR count). The van der Waals surface area contributed by atoms with E-state index in [0.29, 0.717) is 24.4 Å². The topological polar surface area (TPSA) is 62.7 Å². The number of piperidine rings is 1. The van der Waals surface area contributed by atoms with Gasteiger partial charge >= 0.3 is 0 Å². The molecule has 0 spiro atoms. The molecule has 2 aromatic rings. The molecule has 1 aliphatic heterocycles. The van der Waals surface area contributed by atoms with E-state index in [0.717, 1.165) is 24.1 Å². The summed E-state index contributed by atoms with van der Waals surface area (Å²) < 4.78 is 5.39. The molecule has 1 amide bonds. The van der Waals surface area contributed by atoms with Gasteiger partial charge < -0.3 is 14.7 Å². The lowest BCUT2D eigenvalue weighted by Crippen LogP contribution is -2.42. The van der Waals surface area contributed by atoms with Crippen LogP contribution >= 0.6 is 0 Å². The first-order valence-corrected chi connectivity index (χ1v) is 7.76. The predicted molar refractivity (Wildman–Crippen MR) is 87.4 cm³/mol. The van der Waals surface area contributed by atoms with Crippen molar-refractivity contribution in [2.75, 3.05) is 20.2 Å². The molecule has 0 radical (unpaired) electrons. The molecule has 23 heavy (non-hydrogen) atoms. The van der Waals surface area contributed by atoms with E-state index in [-0.39, 0.29) is 5.91 Å². The van der Waals surface area contributed by atoms with E-state index in [1.807, 2.05) is 24.3 Å². The van der Waals surface area contributed by atoms with E-state index in [1.165, 1.54) is 0 Å². The fraction of sp³-hybridized carbons (Fsp3) is 0.333. The number of benzene rings is 1. The van der Waals surface area contributed by atoms with Gasteiger partial charge in [0.1, 0.15) is 5.75 Å². The van der Waals surface area contributed by atoms with E-state index in [9.17, 15) is 9.90 Å². The molecule has 1 N–H and O–H groups in total. The third kappa shape index (κ3) is 3.35. The highest BCUT2D eigenvalue weighted by atomic mass is 16.5. The van der Waals surface area contributed by atoms with Crippen molar-refractivity contribution < 1.29 is 14.6 Å². The zero-order valence-electron chi connectivity index (χ0n) is 13.1. The maximum atomic E-state index is 12.7. The number of hydrogen-bond donors (Lipinski definition) is 1. The molecular weight excluding hydrogens is 292 g/mol. The zero-order valence-corrected chi connectivity index (χ0v) is 13.1. The Morgan fingerprint density at radius 2 is 2.22 bits per heavy atom. The number of nitrogens with zero attached hydrogens (tertiary/aromatic N) is 2. The largest absolute Gasteiger partial charge is 0.496 e. The van der Waals surface area contributed by atoms with Crippen LogP contribution in [0.2, 0.25) is 0 Å². The Morgan fingerprint density at radius 1 is 1.35 bits per heavy atom. The van der Waals surface area contributed by atoms with Crippen LogP contribution in [-0.4, -0.2) is 47.2 Å². The number of carbonyl (C=O) groups excluding carboxylic acids is 1. The highest BCUT2D eigenvalue weighted by molar-refractivity contribution is 5.96. The molecule has 1 aromatic heterocycles. The molecule has 2 heterocycles. The van der Waals surface area contributed by atoms with Crippen LogP contribution < -0.4 is 4.74 Å². The maximum Gasteiger partial charge on any atom is 0.253 e. The normalized spacial score (nSPS) is 17.8. The number of likely N-dealkylation sites (tertiary alicyclic amines) is 1. The van der Waals surface area contributed by atoms with Gasteiger partial charge in [0.2, 0.25) is 0 Å². The molecule has 5 heteroatoms. The number of carbonyl (C=O) groups is 1. The SMILES string of the molecule is COc1ccc(C(=O)N2CCC[C@H](O)C2)cc1-c1ccccn1. The maximum absolute atomic E-state index is 12.7. The van der Waals surface area contributed by atoms with Crippen LogP contribution in [0, 0.1) is 0 Å². The van der Waals surface area contributed by atoms with E-state index in [1.54, 1.807) is 30.3 Å². The first kappa shape index (κ1) is 15.5. The fourth-order valence-electron chi connectivity index (χ4n) is 2.89. The molecule has 1 saturated heterocycles. The van der Waals surface area contributed by atoms with Crippen molar-refractivity contribution in [3.63, 3.8) is 0 Å². The number of aliphatic hydroxyl groups is 1. The van der Waals surface area contributed by atoms with Gasteiger partial charge in [-0.2, -0.15) is 0 Å². The Kier molecular flexibility index (Phi) is 4.57. The van der Waals surface area contributed by atoms with Crippen LogP contribution in [0.1, 0.15) is 23.2 Å². The summed E-state index contributed by atoms with van der Waals surface area (Å²) in [6.45, 7) is 1.07. The van der Waals surface area contributed by atoms with Crippen molar-refractivity contribution in [3.8, 4) is 17.0 Å². The summed E-state index contributed by atoms with van der Waals surface area (Å²) in [5, 5.41) is 9.77. The second-order valence-electron chi connectivity index (χ2n) is 5.68. The molecular formula is C18H20N2O3. The van der Waals surface area contributed by atoms with Gasteiger partial charge in [0.15, 0.2) is 0 Å². The minimum atomic E-state index is -0.429. The Balaban J connectivity index is 1.93. The minimum Gasteiger partial charge on any atom is -0.496 e. The average Bonchev–Trinajstić information content (AvgIpc) is 2.61. The third-order valence-corrected chi connectivity index (χ3v) is 4.07. The second-order valence-corrected chi connectivity index (χ2v) is 5.68. The third-order valence-electron chi connectivity index (χ3n) is 4.07. The molecule has 0 unspecified atom stereocenters. The molecule has 5 nitrogen and oxygen atoms in total. The van der Waals surface area contributed by atoms with Crippen LogP contribution in [0.15, 0.2) is 42.6 Å². The van der Waals surface area contributed by atoms with Crippen molar-refractivity contribution in [1.82, 2.24) is 9.88 Å². The number of aromatic nitrogens is 1. The minimum absolute atomic E-state index is 0.0661. The van der Waals surface area contributed by atoms with Gasteiger partial charge in [-0.3, -0.25) is 9.78 Å². The summed E-state index contributed by atoms with van der Waals surface area (Å²) in [6.07, 6.45) is 2.87. The Labute approximate surface area is 135 Å². The summed E-state index contributed by atoms with van der Waals surface area (Å²) >= 11 is 0. The van der Waals surface area contributed by atoms with E-state index in [4.69, 9.17) is 4.74 Å². The van der Waals surface area contributed by atoms with E-state index in [2.05, 4.69) is 4.98 Å². The lowest BCUT2D eigenvalue weighted by molar-refractivity contribution is 0.0474. The molecule has 1 atom stereocenters. The predicted octanol–water partition coefficient (Wildman–Crippen LogP) is 2.35.